The molecule has 1 N–H and O–H groups in total. The Kier molecular flexibility index (Phi) is 3.06. The second-order valence-corrected chi connectivity index (χ2v) is 4.96. The Morgan fingerprint density at radius 3 is 3.05 bits per heavy atom. The third-order valence-corrected chi connectivity index (χ3v) is 3.52. The van der Waals surface area contributed by atoms with E-state index in [2.05, 4.69) is 28.2 Å². The van der Waals surface area contributed by atoms with Gasteiger partial charge in [0, 0.05) is 31.1 Å². The first-order chi connectivity index (χ1) is 9.28. The lowest BCUT2D eigenvalue weighted by Gasteiger charge is -2.33. The Balaban J connectivity index is 2.07. The molecule has 1 aliphatic rings. The number of benzene rings is 1. The smallest absolute Gasteiger partial charge is 0.130 e. The molecule has 0 spiro atoms. The van der Waals surface area contributed by atoms with Crippen molar-refractivity contribution in [1.29, 1.82) is 5.26 Å². The average Bonchev–Trinajstić information content (AvgIpc) is 2.46. The molecule has 96 valence electrons. The lowest BCUT2D eigenvalue weighted by molar-refractivity contribution is 0.482. The van der Waals surface area contributed by atoms with Crippen molar-refractivity contribution in [1.82, 2.24) is 10.3 Å². The van der Waals surface area contributed by atoms with Crippen molar-refractivity contribution in [2.45, 2.75) is 13.0 Å². The van der Waals surface area contributed by atoms with E-state index in [1.165, 1.54) is 0 Å². The number of anilines is 1. The molecule has 3 rings (SSSR count). The fourth-order valence-electron chi connectivity index (χ4n) is 2.56. The van der Waals surface area contributed by atoms with Crippen LogP contribution >= 0.6 is 0 Å². The summed E-state index contributed by atoms with van der Waals surface area (Å²) >= 11 is 0. The molecule has 1 aliphatic heterocycles. The molecule has 4 nitrogen and oxygen atoms in total. The molecule has 0 radical (unpaired) electrons. The van der Waals surface area contributed by atoms with Crippen LogP contribution in [0.25, 0.3) is 10.9 Å². The highest BCUT2D eigenvalue weighted by atomic mass is 15.2. The molecular formula is C15H16N4. The normalized spacial score (nSPS) is 19.4. The SMILES string of the molecule is C[C@H]1CN(c2cc(C#N)c3ccccc3n2)CCN1. The Labute approximate surface area is 112 Å². The molecule has 1 saturated heterocycles. The van der Waals surface area contributed by atoms with Crippen molar-refractivity contribution in [3.05, 3.63) is 35.9 Å². The number of nitriles is 1. The highest BCUT2D eigenvalue weighted by molar-refractivity contribution is 5.86. The maximum atomic E-state index is 9.30. The van der Waals surface area contributed by atoms with Crippen molar-refractivity contribution in [3.63, 3.8) is 0 Å². The summed E-state index contributed by atoms with van der Waals surface area (Å²) < 4.78 is 0. The quantitative estimate of drug-likeness (QED) is 0.842. The second kappa shape index (κ2) is 4.87. The number of para-hydroxylation sites is 1. The van der Waals surface area contributed by atoms with Gasteiger partial charge >= 0.3 is 0 Å². The van der Waals surface area contributed by atoms with Crippen LogP contribution in [0, 0.1) is 11.3 Å². The minimum atomic E-state index is 0.451. The largest absolute Gasteiger partial charge is 0.354 e. The van der Waals surface area contributed by atoms with Gasteiger partial charge in [-0.2, -0.15) is 5.26 Å². The van der Waals surface area contributed by atoms with E-state index < -0.39 is 0 Å². The summed E-state index contributed by atoms with van der Waals surface area (Å²) in [6.07, 6.45) is 0. The Morgan fingerprint density at radius 1 is 1.42 bits per heavy atom. The predicted octanol–water partition coefficient (Wildman–Crippen LogP) is 1.90. The van der Waals surface area contributed by atoms with E-state index >= 15 is 0 Å². The summed E-state index contributed by atoms with van der Waals surface area (Å²) in [4.78, 5) is 6.93. The summed E-state index contributed by atoms with van der Waals surface area (Å²) in [6.45, 7) is 4.98. The topological polar surface area (TPSA) is 52.0 Å². The van der Waals surface area contributed by atoms with Crippen molar-refractivity contribution >= 4 is 16.7 Å². The van der Waals surface area contributed by atoms with Crippen LogP contribution in [0.3, 0.4) is 0 Å². The number of fused-ring (bicyclic) bond motifs is 1. The van der Waals surface area contributed by atoms with Gasteiger partial charge in [0.25, 0.3) is 0 Å². The van der Waals surface area contributed by atoms with Crippen molar-refractivity contribution in [3.8, 4) is 6.07 Å². The molecule has 1 fully saturated rings. The van der Waals surface area contributed by atoms with Crippen LogP contribution in [0.1, 0.15) is 12.5 Å². The number of hydrogen-bond acceptors (Lipinski definition) is 4. The molecule has 0 bridgehead atoms. The number of rotatable bonds is 1. The van der Waals surface area contributed by atoms with Crippen molar-refractivity contribution in [2.75, 3.05) is 24.5 Å². The molecule has 2 heterocycles. The van der Waals surface area contributed by atoms with E-state index in [9.17, 15) is 5.26 Å². The van der Waals surface area contributed by atoms with Gasteiger partial charge < -0.3 is 10.2 Å². The summed E-state index contributed by atoms with van der Waals surface area (Å²) in [7, 11) is 0. The molecule has 4 heteroatoms. The zero-order valence-corrected chi connectivity index (χ0v) is 10.9. The zero-order valence-electron chi connectivity index (χ0n) is 10.9. The van der Waals surface area contributed by atoms with Crippen LogP contribution in [0.4, 0.5) is 5.82 Å². The predicted molar refractivity (Wildman–Crippen MR) is 76.1 cm³/mol. The molecule has 1 aromatic heterocycles. The molecule has 0 unspecified atom stereocenters. The molecule has 0 aliphatic carbocycles. The maximum absolute atomic E-state index is 9.30. The minimum Gasteiger partial charge on any atom is -0.354 e. The monoisotopic (exact) mass is 252 g/mol. The second-order valence-electron chi connectivity index (χ2n) is 4.96. The molecule has 1 aromatic carbocycles. The van der Waals surface area contributed by atoms with Gasteiger partial charge in [-0.05, 0) is 19.1 Å². The highest BCUT2D eigenvalue weighted by Crippen LogP contribution is 2.23. The Hall–Kier alpha value is -2.12. The van der Waals surface area contributed by atoms with Gasteiger partial charge in [-0.1, -0.05) is 18.2 Å². The van der Waals surface area contributed by atoms with Crippen LogP contribution < -0.4 is 10.2 Å². The summed E-state index contributed by atoms with van der Waals surface area (Å²) in [5.74, 6) is 0.906. The maximum Gasteiger partial charge on any atom is 0.130 e. The standard InChI is InChI=1S/C15H16N4/c1-11-10-19(7-6-17-11)15-8-12(9-16)13-4-2-3-5-14(13)18-15/h2-5,8,11,17H,6-7,10H2,1H3/t11-/m0/s1. The fourth-order valence-corrected chi connectivity index (χ4v) is 2.56. The van der Waals surface area contributed by atoms with Gasteiger partial charge in [0.05, 0.1) is 17.1 Å². The molecule has 0 saturated carbocycles. The number of hydrogen-bond donors (Lipinski definition) is 1. The summed E-state index contributed by atoms with van der Waals surface area (Å²) in [5, 5.41) is 13.6. The molecule has 0 amide bonds. The number of aromatic nitrogens is 1. The van der Waals surface area contributed by atoms with Gasteiger partial charge in [0.2, 0.25) is 0 Å². The van der Waals surface area contributed by atoms with E-state index in [0.717, 1.165) is 36.4 Å². The molecule has 2 aromatic rings. The van der Waals surface area contributed by atoms with Crippen LogP contribution in [-0.4, -0.2) is 30.7 Å². The fraction of sp³-hybridized carbons (Fsp3) is 0.333. The first-order valence-electron chi connectivity index (χ1n) is 6.56. The van der Waals surface area contributed by atoms with E-state index in [4.69, 9.17) is 0 Å². The molecule has 19 heavy (non-hydrogen) atoms. The van der Waals surface area contributed by atoms with Gasteiger partial charge in [-0.3, -0.25) is 0 Å². The van der Waals surface area contributed by atoms with E-state index in [-0.39, 0.29) is 0 Å². The van der Waals surface area contributed by atoms with Crippen LogP contribution in [-0.2, 0) is 0 Å². The van der Waals surface area contributed by atoms with E-state index in [1.807, 2.05) is 30.3 Å². The van der Waals surface area contributed by atoms with Gasteiger partial charge in [0.15, 0.2) is 0 Å². The number of piperazine rings is 1. The minimum absolute atomic E-state index is 0.451. The van der Waals surface area contributed by atoms with Crippen LogP contribution in [0.2, 0.25) is 0 Å². The van der Waals surface area contributed by atoms with E-state index in [1.54, 1.807) is 0 Å². The van der Waals surface area contributed by atoms with E-state index in [0.29, 0.717) is 11.6 Å². The van der Waals surface area contributed by atoms with Gasteiger partial charge in [-0.15, -0.1) is 0 Å². The van der Waals surface area contributed by atoms with Crippen molar-refractivity contribution in [2.24, 2.45) is 0 Å². The molecule has 1 atom stereocenters. The van der Waals surface area contributed by atoms with Crippen molar-refractivity contribution < 1.29 is 0 Å². The average molecular weight is 252 g/mol. The first-order valence-corrected chi connectivity index (χ1v) is 6.56. The Morgan fingerprint density at radius 2 is 2.26 bits per heavy atom. The summed E-state index contributed by atoms with van der Waals surface area (Å²) in [6, 6.07) is 12.4. The van der Waals surface area contributed by atoms with Crippen LogP contribution in [0.5, 0.6) is 0 Å². The zero-order chi connectivity index (χ0) is 13.2. The third kappa shape index (κ3) is 2.25. The molecular weight excluding hydrogens is 236 g/mol. The van der Waals surface area contributed by atoms with Gasteiger partial charge in [-0.25, -0.2) is 4.98 Å². The Bertz CT molecular complexity index is 644. The highest BCUT2D eigenvalue weighted by Gasteiger charge is 2.18. The lowest BCUT2D eigenvalue weighted by atomic mass is 10.1. The lowest BCUT2D eigenvalue weighted by Crippen LogP contribution is -2.49. The number of nitrogens with one attached hydrogen (secondary N) is 1. The third-order valence-electron chi connectivity index (χ3n) is 3.52. The number of pyridine rings is 1. The van der Waals surface area contributed by atoms with Crippen LogP contribution in [0.15, 0.2) is 30.3 Å². The number of nitrogens with zero attached hydrogens (tertiary/aromatic N) is 3. The van der Waals surface area contributed by atoms with Gasteiger partial charge in [0.1, 0.15) is 5.82 Å². The first kappa shape index (κ1) is 11.9. The summed E-state index contributed by atoms with van der Waals surface area (Å²) in [5.41, 5.74) is 1.59.